The zero-order chi connectivity index (χ0) is 37.6. The van der Waals surface area contributed by atoms with Crippen LogP contribution in [-0.2, 0) is 5.41 Å². The zero-order valence-corrected chi connectivity index (χ0v) is 31.7. The van der Waals surface area contributed by atoms with Gasteiger partial charge in [-0.25, -0.2) is 0 Å². The van der Waals surface area contributed by atoms with Gasteiger partial charge in [-0.1, -0.05) is 202 Å². The molecule has 0 spiro atoms. The van der Waals surface area contributed by atoms with Crippen LogP contribution in [0.2, 0.25) is 0 Å². The lowest BCUT2D eigenvalue weighted by atomic mass is 9.81. The van der Waals surface area contributed by atoms with E-state index in [1.165, 1.54) is 83.2 Å². The molecule has 0 bridgehead atoms. The first-order valence-electron chi connectivity index (χ1n) is 19.5. The largest absolute Gasteiger partial charge is 0.310 e. The maximum atomic E-state index is 2.52. The number of fused-ring (bicyclic) bond motifs is 4. The Morgan fingerprint density at radius 2 is 0.839 bits per heavy atom. The van der Waals surface area contributed by atoms with E-state index in [4.69, 9.17) is 0 Å². The van der Waals surface area contributed by atoms with Gasteiger partial charge in [-0.2, -0.15) is 0 Å². The van der Waals surface area contributed by atoms with Crippen molar-refractivity contribution in [2.24, 2.45) is 0 Å². The van der Waals surface area contributed by atoms with Gasteiger partial charge >= 0.3 is 0 Å². The van der Waals surface area contributed by atoms with E-state index in [0.717, 1.165) is 11.4 Å². The number of hydrogen-bond acceptors (Lipinski definition) is 1. The second-order valence-electron chi connectivity index (χ2n) is 15.3. The molecule has 9 aromatic carbocycles. The molecule has 0 heterocycles. The maximum absolute atomic E-state index is 2.52. The fraction of sp³-hybridized carbons (Fsp3) is 0.0545. The zero-order valence-electron chi connectivity index (χ0n) is 31.7. The Hall–Kier alpha value is -6.96. The molecule has 0 saturated carbocycles. The molecule has 0 unspecified atom stereocenters. The molecule has 9 aromatic rings. The quantitative estimate of drug-likeness (QED) is 0.159. The van der Waals surface area contributed by atoms with Crippen molar-refractivity contribution in [2.45, 2.75) is 19.3 Å². The lowest BCUT2D eigenvalue weighted by Crippen LogP contribution is -2.21. The number of nitrogens with zero attached hydrogens (tertiary/aromatic N) is 1. The van der Waals surface area contributed by atoms with E-state index < -0.39 is 0 Å². The number of rotatable bonds is 7. The van der Waals surface area contributed by atoms with Crippen LogP contribution in [0.25, 0.3) is 66.4 Å². The van der Waals surface area contributed by atoms with E-state index >= 15 is 0 Å². The number of hydrogen-bond donors (Lipinski definition) is 0. The van der Waals surface area contributed by atoms with Gasteiger partial charge in [-0.05, 0) is 96.2 Å². The molecule has 1 heteroatoms. The van der Waals surface area contributed by atoms with E-state index in [1.54, 1.807) is 0 Å². The molecule has 1 aliphatic rings. The highest BCUT2D eigenvalue weighted by molar-refractivity contribution is 6.09. The Balaban J connectivity index is 1.26. The normalized spacial score (nSPS) is 12.6. The van der Waals surface area contributed by atoms with Gasteiger partial charge in [0.2, 0.25) is 0 Å². The van der Waals surface area contributed by atoms with Crippen LogP contribution in [0.1, 0.15) is 25.0 Å². The second-order valence-corrected chi connectivity index (χ2v) is 15.3. The standard InChI is InChI=1S/C55H41N/c1-55(2)50-32-14-12-28-46(50)48-31-18-34-52(54(48)55)56(51-33-15-13-27-43(51)38-19-6-3-7-20-38)42-35-36-45(49(37-42)40-23-10-5-11-24-40)47-30-17-26-41-25-16-29-44(53(41)47)39-21-8-4-9-22-39/h3-37H,1-2H3. The molecule has 0 fully saturated rings. The lowest BCUT2D eigenvalue weighted by molar-refractivity contribution is 0.661. The van der Waals surface area contributed by atoms with Gasteiger partial charge in [-0.3, -0.25) is 0 Å². The fourth-order valence-corrected chi connectivity index (χ4v) is 9.13. The maximum Gasteiger partial charge on any atom is 0.0540 e. The summed E-state index contributed by atoms with van der Waals surface area (Å²) in [5.41, 5.74) is 18.2. The number of para-hydroxylation sites is 1. The Labute approximate surface area is 329 Å². The van der Waals surface area contributed by atoms with E-state index in [9.17, 15) is 0 Å². The Morgan fingerprint density at radius 3 is 1.54 bits per heavy atom. The third-order valence-corrected chi connectivity index (χ3v) is 11.7. The predicted octanol–water partition coefficient (Wildman–Crippen LogP) is 15.3. The summed E-state index contributed by atoms with van der Waals surface area (Å²) in [7, 11) is 0. The Bertz CT molecular complexity index is 2860. The molecule has 1 aliphatic carbocycles. The molecular weight excluding hydrogens is 675 g/mol. The third kappa shape index (κ3) is 5.55. The van der Waals surface area contributed by atoms with Crippen LogP contribution in [0, 0.1) is 0 Å². The topological polar surface area (TPSA) is 3.24 Å². The van der Waals surface area contributed by atoms with Crippen LogP contribution in [0.5, 0.6) is 0 Å². The van der Waals surface area contributed by atoms with E-state index in [0.29, 0.717) is 0 Å². The molecule has 0 radical (unpaired) electrons. The third-order valence-electron chi connectivity index (χ3n) is 11.7. The summed E-state index contributed by atoms with van der Waals surface area (Å²) in [6.07, 6.45) is 0. The van der Waals surface area contributed by atoms with Crippen molar-refractivity contribution in [3.05, 3.63) is 223 Å². The van der Waals surface area contributed by atoms with Gasteiger partial charge in [0.1, 0.15) is 0 Å². The van der Waals surface area contributed by atoms with Crippen molar-refractivity contribution in [1.82, 2.24) is 0 Å². The summed E-state index contributed by atoms with van der Waals surface area (Å²) in [6.45, 7) is 4.76. The van der Waals surface area contributed by atoms with Crippen molar-refractivity contribution in [3.63, 3.8) is 0 Å². The highest BCUT2D eigenvalue weighted by atomic mass is 15.1. The highest BCUT2D eigenvalue weighted by Gasteiger charge is 2.39. The summed E-state index contributed by atoms with van der Waals surface area (Å²) in [5, 5.41) is 2.49. The SMILES string of the molecule is CC1(C)c2ccccc2-c2cccc(N(c3ccc(-c4cccc5cccc(-c6ccccc6)c45)c(-c4ccccc4)c3)c3ccccc3-c3ccccc3)c21. The molecule has 0 aromatic heterocycles. The van der Waals surface area contributed by atoms with E-state index in [-0.39, 0.29) is 5.41 Å². The van der Waals surface area contributed by atoms with Crippen molar-refractivity contribution >= 4 is 27.8 Å². The number of benzene rings is 9. The molecular formula is C55H41N. The first-order valence-corrected chi connectivity index (χ1v) is 19.5. The number of anilines is 3. The van der Waals surface area contributed by atoms with Gasteiger partial charge in [0.15, 0.2) is 0 Å². The van der Waals surface area contributed by atoms with Gasteiger partial charge in [0.05, 0.1) is 11.4 Å². The van der Waals surface area contributed by atoms with Crippen molar-refractivity contribution < 1.29 is 0 Å². The lowest BCUT2D eigenvalue weighted by Gasteiger charge is -2.34. The highest BCUT2D eigenvalue weighted by Crippen LogP contribution is 2.55. The summed E-state index contributed by atoms with van der Waals surface area (Å²) in [5.74, 6) is 0. The van der Waals surface area contributed by atoms with Gasteiger partial charge in [0, 0.05) is 16.7 Å². The van der Waals surface area contributed by atoms with E-state index in [1.807, 2.05) is 0 Å². The van der Waals surface area contributed by atoms with Crippen LogP contribution in [0.15, 0.2) is 212 Å². The minimum absolute atomic E-state index is 0.207. The molecule has 0 saturated heterocycles. The molecule has 0 N–H and O–H groups in total. The summed E-state index contributed by atoms with van der Waals surface area (Å²) < 4.78 is 0. The first-order chi connectivity index (χ1) is 27.6. The fourth-order valence-electron chi connectivity index (χ4n) is 9.13. The molecule has 0 amide bonds. The monoisotopic (exact) mass is 715 g/mol. The molecule has 1 nitrogen and oxygen atoms in total. The summed E-state index contributed by atoms with van der Waals surface area (Å²) in [4.78, 5) is 2.52. The molecule has 266 valence electrons. The van der Waals surface area contributed by atoms with Crippen LogP contribution >= 0.6 is 0 Å². The average Bonchev–Trinajstić information content (AvgIpc) is 3.50. The van der Waals surface area contributed by atoms with Crippen LogP contribution in [0.4, 0.5) is 17.1 Å². The van der Waals surface area contributed by atoms with Gasteiger partial charge in [-0.15, -0.1) is 0 Å². The Kier molecular flexibility index (Phi) is 8.23. The summed E-state index contributed by atoms with van der Waals surface area (Å²) in [6, 6.07) is 77.6. The second kappa shape index (κ2) is 13.7. The van der Waals surface area contributed by atoms with Crippen LogP contribution in [0.3, 0.4) is 0 Å². The van der Waals surface area contributed by atoms with Gasteiger partial charge in [0.25, 0.3) is 0 Å². The minimum atomic E-state index is -0.207. The average molecular weight is 716 g/mol. The van der Waals surface area contributed by atoms with Crippen molar-refractivity contribution in [3.8, 4) is 55.6 Å². The predicted molar refractivity (Wildman–Crippen MR) is 238 cm³/mol. The minimum Gasteiger partial charge on any atom is -0.310 e. The smallest absolute Gasteiger partial charge is 0.0540 e. The van der Waals surface area contributed by atoms with Crippen LogP contribution < -0.4 is 4.90 Å². The van der Waals surface area contributed by atoms with Crippen molar-refractivity contribution in [1.29, 1.82) is 0 Å². The first kappa shape index (κ1) is 33.6. The Morgan fingerprint density at radius 1 is 0.339 bits per heavy atom. The van der Waals surface area contributed by atoms with Crippen molar-refractivity contribution in [2.75, 3.05) is 4.90 Å². The van der Waals surface area contributed by atoms with Crippen LogP contribution in [-0.4, -0.2) is 0 Å². The molecule has 56 heavy (non-hydrogen) atoms. The summed E-state index contributed by atoms with van der Waals surface area (Å²) >= 11 is 0. The molecule has 0 atom stereocenters. The molecule has 10 rings (SSSR count). The molecule has 0 aliphatic heterocycles. The van der Waals surface area contributed by atoms with E-state index in [2.05, 4.69) is 231 Å². The van der Waals surface area contributed by atoms with Gasteiger partial charge < -0.3 is 4.90 Å².